The lowest BCUT2D eigenvalue weighted by atomic mass is 9.80. The molecule has 0 amide bonds. The van der Waals surface area contributed by atoms with E-state index in [1.54, 1.807) is 7.11 Å². The largest absolute Gasteiger partial charge is 0.491 e. The molecule has 0 atom stereocenters. The summed E-state index contributed by atoms with van der Waals surface area (Å²) in [6.45, 7) is 5.23. The molecule has 3 rings (SSSR count). The van der Waals surface area contributed by atoms with Crippen molar-refractivity contribution in [2.45, 2.75) is 24.9 Å². The van der Waals surface area contributed by atoms with Crippen molar-refractivity contribution in [2.24, 2.45) is 0 Å². The molecule has 5 heteroatoms. The Morgan fingerprint density at radius 2 is 1.96 bits per heavy atom. The standard InChI is InChI=1S/C18H27NO4/c1-20-10-11-21-12-13-22-16-2-3-17-15(14-16)4-9-23-18(17)5-7-19-8-6-18/h2-3,14,19H,4-13H2,1H3. The van der Waals surface area contributed by atoms with E-state index in [1.165, 1.54) is 11.1 Å². The van der Waals surface area contributed by atoms with E-state index < -0.39 is 0 Å². The molecule has 1 spiro atoms. The van der Waals surface area contributed by atoms with Gasteiger partial charge in [0.2, 0.25) is 0 Å². The van der Waals surface area contributed by atoms with Crippen LogP contribution in [-0.4, -0.2) is 53.2 Å². The zero-order chi connectivity index (χ0) is 16.0. The van der Waals surface area contributed by atoms with Crippen LogP contribution in [-0.2, 0) is 26.2 Å². The van der Waals surface area contributed by atoms with Gasteiger partial charge in [-0.3, -0.25) is 0 Å². The van der Waals surface area contributed by atoms with Gasteiger partial charge in [0.25, 0.3) is 0 Å². The summed E-state index contributed by atoms with van der Waals surface area (Å²) in [6, 6.07) is 6.43. The first-order valence-electron chi connectivity index (χ1n) is 8.52. The van der Waals surface area contributed by atoms with Crippen LogP contribution >= 0.6 is 0 Å². The van der Waals surface area contributed by atoms with Crippen LogP contribution in [0.1, 0.15) is 24.0 Å². The van der Waals surface area contributed by atoms with Crippen LogP contribution in [0.15, 0.2) is 18.2 Å². The van der Waals surface area contributed by atoms with Crippen LogP contribution in [0, 0.1) is 0 Å². The summed E-state index contributed by atoms with van der Waals surface area (Å²) in [5, 5.41) is 3.42. The molecule has 1 aromatic carbocycles. The Kier molecular flexibility index (Phi) is 5.89. The molecule has 1 saturated heterocycles. The number of nitrogens with one attached hydrogen (secondary N) is 1. The summed E-state index contributed by atoms with van der Waals surface area (Å²) in [5.41, 5.74) is 2.64. The number of rotatable bonds is 7. The fourth-order valence-electron chi connectivity index (χ4n) is 3.45. The van der Waals surface area contributed by atoms with Crippen molar-refractivity contribution >= 4 is 0 Å². The van der Waals surface area contributed by atoms with E-state index >= 15 is 0 Å². The average Bonchev–Trinajstić information content (AvgIpc) is 2.59. The number of hydrogen-bond acceptors (Lipinski definition) is 5. The SMILES string of the molecule is COCCOCCOc1ccc2c(c1)CCOC21CCNCC1. The molecule has 0 unspecified atom stereocenters. The zero-order valence-corrected chi connectivity index (χ0v) is 13.9. The summed E-state index contributed by atoms with van der Waals surface area (Å²) in [7, 11) is 1.67. The fraction of sp³-hybridized carbons (Fsp3) is 0.667. The fourth-order valence-corrected chi connectivity index (χ4v) is 3.45. The predicted molar refractivity (Wildman–Crippen MR) is 88.1 cm³/mol. The predicted octanol–water partition coefficient (Wildman–Crippen LogP) is 1.88. The van der Waals surface area contributed by atoms with Crippen LogP contribution < -0.4 is 10.1 Å². The number of piperidine rings is 1. The Balaban J connectivity index is 1.58. The molecule has 23 heavy (non-hydrogen) atoms. The molecule has 1 aromatic rings. The van der Waals surface area contributed by atoms with E-state index in [9.17, 15) is 0 Å². The van der Waals surface area contributed by atoms with Crippen LogP contribution in [0.2, 0.25) is 0 Å². The van der Waals surface area contributed by atoms with E-state index in [4.69, 9.17) is 18.9 Å². The van der Waals surface area contributed by atoms with Crippen molar-refractivity contribution in [1.29, 1.82) is 0 Å². The van der Waals surface area contributed by atoms with Crippen LogP contribution in [0.5, 0.6) is 5.75 Å². The molecule has 2 heterocycles. The first-order valence-corrected chi connectivity index (χ1v) is 8.52. The summed E-state index contributed by atoms with van der Waals surface area (Å²) < 4.78 is 22.4. The van der Waals surface area contributed by atoms with Gasteiger partial charge in [-0.2, -0.15) is 0 Å². The van der Waals surface area contributed by atoms with E-state index in [1.807, 2.05) is 0 Å². The van der Waals surface area contributed by atoms with Crippen molar-refractivity contribution < 1.29 is 18.9 Å². The highest BCUT2D eigenvalue weighted by atomic mass is 16.5. The minimum atomic E-state index is -0.0827. The smallest absolute Gasteiger partial charge is 0.119 e. The van der Waals surface area contributed by atoms with E-state index in [0.29, 0.717) is 26.4 Å². The summed E-state index contributed by atoms with van der Waals surface area (Å²) in [5.74, 6) is 0.921. The lowest BCUT2D eigenvalue weighted by Gasteiger charge is -2.42. The third kappa shape index (κ3) is 4.04. The van der Waals surface area contributed by atoms with Crippen molar-refractivity contribution in [3.05, 3.63) is 29.3 Å². The maximum Gasteiger partial charge on any atom is 0.119 e. The van der Waals surface area contributed by atoms with E-state index in [2.05, 4.69) is 23.5 Å². The van der Waals surface area contributed by atoms with Crippen molar-refractivity contribution in [2.75, 3.05) is 53.2 Å². The molecule has 0 bridgehead atoms. The molecule has 0 aromatic heterocycles. The van der Waals surface area contributed by atoms with Gasteiger partial charge < -0.3 is 24.3 Å². The molecule has 2 aliphatic rings. The van der Waals surface area contributed by atoms with Gasteiger partial charge in [-0.15, -0.1) is 0 Å². The normalized spacial score (nSPS) is 19.5. The monoisotopic (exact) mass is 321 g/mol. The second-order valence-corrected chi connectivity index (χ2v) is 6.12. The maximum absolute atomic E-state index is 6.20. The minimum absolute atomic E-state index is 0.0827. The summed E-state index contributed by atoms with van der Waals surface area (Å²) >= 11 is 0. The molecule has 5 nitrogen and oxygen atoms in total. The Morgan fingerprint density at radius 1 is 1.13 bits per heavy atom. The third-order valence-corrected chi connectivity index (χ3v) is 4.66. The highest BCUT2D eigenvalue weighted by molar-refractivity contribution is 5.41. The van der Waals surface area contributed by atoms with Crippen molar-refractivity contribution in [1.82, 2.24) is 5.32 Å². The van der Waals surface area contributed by atoms with Gasteiger partial charge in [0.1, 0.15) is 12.4 Å². The van der Waals surface area contributed by atoms with Gasteiger partial charge in [-0.05, 0) is 55.6 Å². The molecule has 2 aliphatic heterocycles. The number of methoxy groups -OCH3 is 1. The Labute approximate surface area is 138 Å². The molecule has 128 valence electrons. The summed E-state index contributed by atoms with van der Waals surface area (Å²) in [6.07, 6.45) is 3.06. The topological polar surface area (TPSA) is 49.0 Å². The zero-order valence-electron chi connectivity index (χ0n) is 13.9. The number of fused-ring (bicyclic) bond motifs is 2. The Morgan fingerprint density at radius 3 is 2.78 bits per heavy atom. The Bertz CT molecular complexity index is 500. The van der Waals surface area contributed by atoms with Gasteiger partial charge in [0, 0.05) is 7.11 Å². The molecule has 0 aliphatic carbocycles. The van der Waals surface area contributed by atoms with E-state index in [0.717, 1.165) is 44.7 Å². The maximum atomic E-state index is 6.20. The van der Waals surface area contributed by atoms with E-state index in [-0.39, 0.29) is 5.60 Å². The van der Waals surface area contributed by atoms with Gasteiger partial charge in [-0.1, -0.05) is 6.07 Å². The van der Waals surface area contributed by atoms with Crippen LogP contribution in [0.4, 0.5) is 0 Å². The minimum Gasteiger partial charge on any atom is -0.491 e. The lowest BCUT2D eigenvalue weighted by Crippen LogP contribution is -2.44. The first kappa shape index (κ1) is 16.7. The molecular weight excluding hydrogens is 294 g/mol. The lowest BCUT2D eigenvalue weighted by molar-refractivity contribution is -0.0802. The first-order chi connectivity index (χ1) is 11.3. The van der Waals surface area contributed by atoms with Gasteiger partial charge in [0.05, 0.1) is 32.0 Å². The molecule has 1 N–H and O–H groups in total. The highest BCUT2D eigenvalue weighted by Crippen LogP contribution is 2.41. The van der Waals surface area contributed by atoms with Crippen LogP contribution in [0.3, 0.4) is 0 Å². The third-order valence-electron chi connectivity index (χ3n) is 4.66. The number of ether oxygens (including phenoxy) is 4. The average molecular weight is 321 g/mol. The number of hydrogen-bond donors (Lipinski definition) is 1. The van der Waals surface area contributed by atoms with Crippen LogP contribution in [0.25, 0.3) is 0 Å². The Hall–Kier alpha value is -1.14. The quantitative estimate of drug-likeness (QED) is 0.777. The second kappa shape index (κ2) is 8.11. The molecular formula is C18H27NO4. The molecule has 1 fully saturated rings. The summed E-state index contributed by atoms with van der Waals surface area (Å²) in [4.78, 5) is 0. The van der Waals surface area contributed by atoms with Crippen molar-refractivity contribution in [3.63, 3.8) is 0 Å². The van der Waals surface area contributed by atoms with Gasteiger partial charge >= 0.3 is 0 Å². The van der Waals surface area contributed by atoms with Gasteiger partial charge in [0.15, 0.2) is 0 Å². The number of benzene rings is 1. The molecule has 0 saturated carbocycles. The van der Waals surface area contributed by atoms with Gasteiger partial charge in [-0.25, -0.2) is 0 Å². The second-order valence-electron chi connectivity index (χ2n) is 6.12. The molecule has 0 radical (unpaired) electrons. The van der Waals surface area contributed by atoms with Crippen molar-refractivity contribution in [3.8, 4) is 5.75 Å². The highest BCUT2D eigenvalue weighted by Gasteiger charge is 2.38.